The van der Waals surface area contributed by atoms with Gasteiger partial charge in [-0.15, -0.1) is 0 Å². The first-order chi connectivity index (χ1) is 9.52. The summed E-state index contributed by atoms with van der Waals surface area (Å²) < 4.78 is 28.6. The standard InChI is InChI=1S/C15H15BrF2N2/c1-9-3-2-4-12(15(9)18)14(20-19)7-10-5-6-11(16)8-13(10)17/h2-6,8,14,20H,7,19H2,1H3. The molecule has 2 aromatic rings. The van der Waals surface area contributed by atoms with Crippen LogP contribution in [0.2, 0.25) is 0 Å². The minimum Gasteiger partial charge on any atom is -0.271 e. The molecule has 0 amide bonds. The van der Waals surface area contributed by atoms with Gasteiger partial charge in [0.25, 0.3) is 0 Å². The maximum absolute atomic E-state index is 14.1. The Bertz CT molecular complexity index is 617. The Hall–Kier alpha value is -1.30. The molecule has 2 nitrogen and oxygen atoms in total. The van der Waals surface area contributed by atoms with Gasteiger partial charge in [0.1, 0.15) is 11.6 Å². The molecular weight excluding hydrogens is 326 g/mol. The molecule has 2 aromatic carbocycles. The first kappa shape index (κ1) is 15.1. The second-order valence-electron chi connectivity index (χ2n) is 4.64. The molecule has 0 saturated heterocycles. The number of aryl methyl sites for hydroxylation is 1. The molecule has 0 heterocycles. The van der Waals surface area contributed by atoms with E-state index in [1.165, 1.54) is 6.07 Å². The van der Waals surface area contributed by atoms with E-state index in [9.17, 15) is 8.78 Å². The Morgan fingerprint density at radius 2 is 2.00 bits per heavy atom. The summed E-state index contributed by atoms with van der Waals surface area (Å²) in [4.78, 5) is 0. The van der Waals surface area contributed by atoms with E-state index < -0.39 is 6.04 Å². The van der Waals surface area contributed by atoms with Crippen LogP contribution in [0.1, 0.15) is 22.7 Å². The predicted molar refractivity (Wildman–Crippen MR) is 79.0 cm³/mol. The summed E-state index contributed by atoms with van der Waals surface area (Å²) in [7, 11) is 0. The molecule has 20 heavy (non-hydrogen) atoms. The number of nitrogens with two attached hydrogens (primary N) is 1. The normalized spacial score (nSPS) is 12.4. The van der Waals surface area contributed by atoms with E-state index in [4.69, 9.17) is 5.84 Å². The number of benzene rings is 2. The van der Waals surface area contributed by atoms with Crippen LogP contribution in [0, 0.1) is 18.6 Å². The third kappa shape index (κ3) is 3.23. The van der Waals surface area contributed by atoms with Crippen molar-refractivity contribution in [3.8, 4) is 0 Å². The van der Waals surface area contributed by atoms with Crippen LogP contribution in [-0.2, 0) is 6.42 Å². The molecule has 0 bridgehead atoms. The number of rotatable bonds is 4. The first-order valence-corrected chi connectivity index (χ1v) is 6.97. The molecule has 0 radical (unpaired) electrons. The van der Waals surface area contributed by atoms with Crippen LogP contribution in [0.4, 0.5) is 8.78 Å². The molecule has 0 fully saturated rings. The lowest BCUT2D eigenvalue weighted by Crippen LogP contribution is -2.30. The first-order valence-electron chi connectivity index (χ1n) is 6.18. The van der Waals surface area contributed by atoms with Crippen molar-refractivity contribution in [2.75, 3.05) is 0 Å². The van der Waals surface area contributed by atoms with E-state index in [0.29, 0.717) is 21.2 Å². The molecule has 5 heteroatoms. The van der Waals surface area contributed by atoms with Crippen molar-refractivity contribution in [1.82, 2.24) is 5.43 Å². The number of hydrogen-bond acceptors (Lipinski definition) is 2. The largest absolute Gasteiger partial charge is 0.271 e. The van der Waals surface area contributed by atoms with Crippen LogP contribution in [-0.4, -0.2) is 0 Å². The van der Waals surface area contributed by atoms with Gasteiger partial charge < -0.3 is 0 Å². The van der Waals surface area contributed by atoms with Gasteiger partial charge in [-0.2, -0.15) is 0 Å². The molecule has 0 aliphatic carbocycles. The zero-order valence-corrected chi connectivity index (χ0v) is 12.5. The van der Waals surface area contributed by atoms with E-state index >= 15 is 0 Å². The number of hydrazine groups is 1. The molecule has 3 N–H and O–H groups in total. The summed E-state index contributed by atoms with van der Waals surface area (Å²) in [6.45, 7) is 1.69. The topological polar surface area (TPSA) is 38.0 Å². The maximum atomic E-state index is 14.1. The van der Waals surface area contributed by atoms with Gasteiger partial charge in [0.2, 0.25) is 0 Å². The molecule has 0 aliphatic rings. The Labute approximate surface area is 125 Å². The number of nitrogens with one attached hydrogen (secondary N) is 1. The Balaban J connectivity index is 2.31. The smallest absolute Gasteiger partial charge is 0.130 e. The van der Waals surface area contributed by atoms with Gasteiger partial charge >= 0.3 is 0 Å². The van der Waals surface area contributed by atoms with Crippen LogP contribution >= 0.6 is 15.9 Å². The van der Waals surface area contributed by atoms with Crippen molar-refractivity contribution in [2.24, 2.45) is 5.84 Å². The van der Waals surface area contributed by atoms with Crippen molar-refractivity contribution >= 4 is 15.9 Å². The minimum absolute atomic E-state index is 0.274. The van der Waals surface area contributed by atoms with Gasteiger partial charge in [0, 0.05) is 10.0 Å². The lowest BCUT2D eigenvalue weighted by Gasteiger charge is -2.18. The van der Waals surface area contributed by atoms with E-state index in [2.05, 4.69) is 21.4 Å². The molecule has 2 rings (SSSR count). The van der Waals surface area contributed by atoms with Gasteiger partial charge in [-0.3, -0.25) is 11.3 Å². The molecule has 0 saturated carbocycles. The summed E-state index contributed by atoms with van der Waals surface area (Å²) in [6, 6.07) is 9.42. The highest BCUT2D eigenvalue weighted by molar-refractivity contribution is 9.10. The Morgan fingerprint density at radius 3 is 2.65 bits per heavy atom. The van der Waals surface area contributed by atoms with E-state index in [1.807, 2.05) is 0 Å². The molecule has 1 unspecified atom stereocenters. The third-order valence-electron chi connectivity index (χ3n) is 3.24. The average Bonchev–Trinajstić information content (AvgIpc) is 2.42. The van der Waals surface area contributed by atoms with E-state index in [-0.39, 0.29) is 18.1 Å². The summed E-state index contributed by atoms with van der Waals surface area (Å²) in [5, 5.41) is 0. The number of hydrogen-bond donors (Lipinski definition) is 2. The third-order valence-corrected chi connectivity index (χ3v) is 3.73. The van der Waals surface area contributed by atoms with Crippen LogP contribution in [0.15, 0.2) is 40.9 Å². The fourth-order valence-corrected chi connectivity index (χ4v) is 2.44. The van der Waals surface area contributed by atoms with Gasteiger partial charge in [0.05, 0.1) is 6.04 Å². The maximum Gasteiger partial charge on any atom is 0.130 e. The molecule has 106 valence electrons. The zero-order valence-electron chi connectivity index (χ0n) is 11.0. The highest BCUT2D eigenvalue weighted by Gasteiger charge is 2.17. The molecule has 1 atom stereocenters. The summed E-state index contributed by atoms with van der Waals surface area (Å²) in [5.41, 5.74) is 4.02. The quantitative estimate of drug-likeness (QED) is 0.656. The van der Waals surface area contributed by atoms with Crippen molar-refractivity contribution in [3.63, 3.8) is 0 Å². The van der Waals surface area contributed by atoms with Crippen molar-refractivity contribution in [3.05, 3.63) is 69.2 Å². The molecular formula is C15H15BrF2N2. The van der Waals surface area contributed by atoms with Crippen LogP contribution in [0.25, 0.3) is 0 Å². The Morgan fingerprint density at radius 1 is 1.25 bits per heavy atom. The van der Waals surface area contributed by atoms with Gasteiger partial charge in [-0.25, -0.2) is 8.78 Å². The minimum atomic E-state index is -0.481. The molecule has 0 aromatic heterocycles. The second-order valence-corrected chi connectivity index (χ2v) is 5.55. The summed E-state index contributed by atoms with van der Waals surface area (Å²) in [5.74, 6) is 4.85. The van der Waals surface area contributed by atoms with Crippen LogP contribution in [0.5, 0.6) is 0 Å². The zero-order chi connectivity index (χ0) is 14.7. The predicted octanol–water partition coefficient (Wildman–Crippen LogP) is 3.78. The van der Waals surface area contributed by atoms with Crippen LogP contribution in [0.3, 0.4) is 0 Å². The number of halogens is 3. The molecule has 0 aliphatic heterocycles. The lowest BCUT2D eigenvalue weighted by atomic mass is 9.97. The monoisotopic (exact) mass is 340 g/mol. The lowest BCUT2D eigenvalue weighted by molar-refractivity contribution is 0.496. The fraction of sp³-hybridized carbons (Fsp3) is 0.200. The highest BCUT2D eigenvalue weighted by atomic mass is 79.9. The summed E-state index contributed by atoms with van der Waals surface area (Å²) >= 11 is 3.21. The van der Waals surface area contributed by atoms with Crippen molar-refractivity contribution in [1.29, 1.82) is 0 Å². The van der Waals surface area contributed by atoms with E-state index in [0.717, 1.165) is 0 Å². The SMILES string of the molecule is Cc1cccc(C(Cc2ccc(Br)cc2F)NN)c1F. The fourth-order valence-electron chi connectivity index (χ4n) is 2.11. The van der Waals surface area contributed by atoms with Gasteiger partial charge in [0.15, 0.2) is 0 Å². The Kier molecular flexibility index (Phi) is 4.86. The van der Waals surface area contributed by atoms with Crippen LogP contribution < -0.4 is 11.3 Å². The molecule has 0 spiro atoms. The highest BCUT2D eigenvalue weighted by Crippen LogP contribution is 2.25. The van der Waals surface area contributed by atoms with Crippen molar-refractivity contribution < 1.29 is 8.78 Å². The summed E-state index contributed by atoms with van der Waals surface area (Å²) in [6.07, 6.45) is 0.274. The van der Waals surface area contributed by atoms with Crippen molar-refractivity contribution in [2.45, 2.75) is 19.4 Å². The average molecular weight is 341 g/mol. The second kappa shape index (κ2) is 6.43. The van der Waals surface area contributed by atoms with Gasteiger partial charge in [-0.1, -0.05) is 40.2 Å². The van der Waals surface area contributed by atoms with Gasteiger partial charge in [-0.05, 0) is 36.6 Å². The van der Waals surface area contributed by atoms with E-state index in [1.54, 1.807) is 37.3 Å².